The zero-order chi connectivity index (χ0) is 13.3. The van der Waals surface area contributed by atoms with Gasteiger partial charge in [0.1, 0.15) is 0 Å². The van der Waals surface area contributed by atoms with Crippen molar-refractivity contribution in [3.05, 3.63) is 29.3 Å². The highest BCUT2D eigenvalue weighted by Gasteiger charge is 2.37. The first-order valence-electron chi connectivity index (χ1n) is 6.98. The van der Waals surface area contributed by atoms with Crippen LogP contribution in [0.15, 0.2) is 18.2 Å². The van der Waals surface area contributed by atoms with Crippen molar-refractivity contribution in [2.75, 3.05) is 18.0 Å². The molecule has 0 saturated carbocycles. The Balaban J connectivity index is 2.26. The molecular weight excluding hydrogens is 220 g/mol. The van der Waals surface area contributed by atoms with Crippen LogP contribution in [-0.2, 0) is 0 Å². The fraction of sp³-hybridized carbons (Fsp3) is 0.625. The summed E-state index contributed by atoms with van der Waals surface area (Å²) in [6.07, 6.45) is 2.39. The maximum Gasteiger partial charge on any atom is 0.0376 e. The van der Waals surface area contributed by atoms with Crippen LogP contribution in [-0.4, -0.2) is 18.6 Å². The lowest BCUT2D eigenvalue weighted by Crippen LogP contribution is -2.38. The summed E-state index contributed by atoms with van der Waals surface area (Å²) in [6, 6.07) is 6.85. The van der Waals surface area contributed by atoms with Crippen LogP contribution in [0.5, 0.6) is 0 Å². The molecule has 100 valence electrons. The first kappa shape index (κ1) is 13.4. The van der Waals surface area contributed by atoms with Crippen molar-refractivity contribution in [1.29, 1.82) is 0 Å². The van der Waals surface area contributed by atoms with Crippen LogP contribution in [0, 0.1) is 19.8 Å². The molecule has 2 heteroatoms. The SMILES string of the molecule is Cc1cc(C)cc(N2CC(CCN)CC2(C)C)c1. The molecule has 1 aliphatic heterocycles. The van der Waals surface area contributed by atoms with Gasteiger partial charge in [0.05, 0.1) is 0 Å². The van der Waals surface area contributed by atoms with Gasteiger partial charge in [-0.1, -0.05) is 6.07 Å². The van der Waals surface area contributed by atoms with Crippen LogP contribution in [0.1, 0.15) is 37.8 Å². The number of nitrogens with zero attached hydrogens (tertiary/aromatic N) is 1. The van der Waals surface area contributed by atoms with E-state index in [2.05, 4.69) is 50.8 Å². The summed E-state index contributed by atoms with van der Waals surface area (Å²) in [5.41, 5.74) is 10.0. The normalized spacial score (nSPS) is 22.5. The Labute approximate surface area is 111 Å². The minimum absolute atomic E-state index is 0.250. The molecule has 2 nitrogen and oxygen atoms in total. The zero-order valence-electron chi connectivity index (χ0n) is 12.2. The minimum Gasteiger partial charge on any atom is -0.366 e. The third kappa shape index (κ3) is 2.69. The second kappa shape index (κ2) is 4.93. The highest BCUT2D eigenvalue weighted by molar-refractivity contribution is 5.54. The molecule has 1 saturated heterocycles. The third-order valence-corrected chi connectivity index (χ3v) is 4.05. The Morgan fingerprint density at radius 2 is 1.83 bits per heavy atom. The van der Waals surface area contributed by atoms with Crippen molar-refractivity contribution in [2.45, 2.75) is 46.1 Å². The maximum atomic E-state index is 5.71. The second-order valence-corrected chi connectivity index (χ2v) is 6.42. The molecule has 0 amide bonds. The second-order valence-electron chi connectivity index (χ2n) is 6.42. The van der Waals surface area contributed by atoms with E-state index in [-0.39, 0.29) is 5.54 Å². The average molecular weight is 246 g/mol. The molecule has 1 fully saturated rings. The number of nitrogens with two attached hydrogens (primary N) is 1. The van der Waals surface area contributed by atoms with E-state index in [1.54, 1.807) is 0 Å². The lowest BCUT2D eigenvalue weighted by atomic mass is 9.94. The van der Waals surface area contributed by atoms with Gasteiger partial charge in [0.15, 0.2) is 0 Å². The van der Waals surface area contributed by atoms with Crippen LogP contribution in [0.3, 0.4) is 0 Å². The van der Waals surface area contributed by atoms with Gasteiger partial charge >= 0.3 is 0 Å². The van der Waals surface area contributed by atoms with Gasteiger partial charge in [-0.15, -0.1) is 0 Å². The van der Waals surface area contributed by atoms with E-state index in [1.165, 1.54) is 23.2 Å². The fourth-order valence-corrected chi connectivity index (χ4v) is 3.38. The van der Waals surface area contributed by atoms with Gasteiger partial charge in [0.25, 0.3) is 0 Å². The quantitative estimate of drug-likeness (QED) is 0.887. The van der Waals surface area contributed by atoms with Gasteiger partial charge in [-0.05, 0) is 76.3 Å². The lowest BCUT2D eigenvalue weighted by molar-refractivity contribution is 0.458. The largest absolute Gasteiger partial charge is 0.366 e. The molecule has 1 unspecified atom stereocenters. The molecule has 0 aliphatic carbocycles. The summed E-state index contributed by atoms with van der Waals surface area (Å²) in [6.45, 7) is 11.0. The first-order valence-corrected chi connectivity index (χ1v) is 6.98. The van der Waals surface area contributed by atoms with Gasteiger partial charge in [0, 0.05) is 17.8 Å². The van der Waals surface area contributed by atoms with Gasteiger partial charge in [-0.25, -0.2) is 0 Å². The molecule has 2 N–H and O–H groups in total. The Morgan fingerprint density at radius 3 is 2.39 bits per heavy atom. The van der Waals surface area contributed by atoms with E-state index in [1.807, 2.05) is 0 Å². The number of benzene rings is 1. The van der Waals surface area contributed by atoms with Crippen LogP contribution >= 0.6 is 0 Å². The number of hydrogen-bond acceptors (Lipinski definition) is 2. The van der Waals surface area contributed by atoms with Crippen molar-refractivity contribution in [3.8, 4) is 0 Å². The molecule has 1 aromatic carbocycles. The highest BCUT2D eigenvalue weighted by atomic mass is 15.2. The zero-order valence-corrected chi connectivity index (χ0v) is 12.2. The molecule has 0 bridgehead atoms. The van der Waals surface area contributed by atoms with Crippen molar-refractivity contribution in [2.24, 2.45) is 11.7 Å². The van der Waals surface area contributed by atoms with Crippen molar-refractivity contribution in [3.63, 3.8) is 0 Å². The average Bonchev–Trinajstić information content (AvgIpc) is 2.52. The van der Waals surface area contributed by atoms with Crippen molar-refractivity contribution >= 4 is 5.69 Å². The van der Waals surface area contributed by atoms with Gasteiger partial charge in [-0.3, -0.25) is 0 Å². The van der Waals surface area contributed by atoms with Gasteiger partial charge in [-0.2, -0.15) is 0 Å². The molecule has 1 aromatic rings. The van der Waals surface area contributed by atoms with E-state index in [0.29, 0.717) is 0 Å². The molecule has 0 aromatic heterocycles. The van der Waals surface area contributed by atoms with E-state index in [4.69, 9.17) is 5.73 Å². The number of aryl methyl sites for hydroxylation is 2. The van der Waals surface area contributed by atoms with Crippen molar-refractivity contribution in [1.82, 2.24) is 0 Å². The highest BCUT2D eigenvalue weighted by Crippen LogP contribution is 2.38. The predicted molar refractivity (Wildman–Crippen MR) is 79.1 cm³/mol. The van der Waals surface area contributed by atoms with Gasteiger partial charge < -0.3 is 10.6 Å². The Hall–Kier alpha value is -1.02. The maximum absolute atomic E-state index is 5.71. The Kier molecular flexibility index (Phi) is 3.67. The summed E-state index contributed by atoms with van der Waals surface area (Å²) < 4.78 is 0. The van der Waals surface area contributed by atoms with E-state index in [0.717, 1.165) is 25.4 Å². The van der Waals surface area contributed by atoms with Gasteiger partial charge in [0.2, 0.25) is 0 Å². The van der Waals surface area contributed by atoms with E-state index in [9.17, 15) is 0 Å². The molecule has 0 spiro atoms. The van der Waals surface area contributed by atoms with Crippen molar-refractivity contribution < 1.29 is 0 Å². The minimum atomic E-state index is 0.250. The summed E-state index contributed by atoms with van der Waals surface area (Å²) in [4.78, 5) is 2.56. The molecule has 0 radical (unpaired) electrons. The molecule has 1 heterocycles. The summed E-state index contributed by atoms with van der Waals surface area (Å²) >= 11 is 0. The molecule has 2 rings (SSSR count). The number of rotatable bonds is 3. The first-order chi connectivity index (χ1) is 8.42. The molecule has 18 heavy (non-hydrogen) atoms. The summed E-state index contributed by atoms with van der Waals surface area (Å²) in [5.74, 6) is 0.741. The smallest absolute Gasteiger partial charge is 0.0376 e. The lowest BCUT2D eigenvalue weighted by Gasteiger charge is -2.34. The van der Waals surface area contributed by atoms with Crippen LogP contribution in [0.2, 0.25) is 0 Å². The molecular formula is C16H26N2. The van der Waals surface area contributed by atoms with Crippen LogP contribution in [0.4, 0.5) is 5.69 Å². The van der Waals surface area contributed by atoms with E-state index < -0.39 is 0 Å². The summed E-state index contributed by atoms with van der Waals surface area (Å²) in [5, 5.41) is 0. The number of anilines is 1. The Bertz CT molecular complexity index is 403. The monoisotopic (exact) mass is 246 g/mol. The Morgan fingerprint density at radius 1 is 1.22 bits per heavy atom. The third-order valence-electron chi connectivity index (χ3n) is 4.05. The van der Waals surface area contributed by atoms with E-state index >= 15 is 0 Å². The fourth-order valence-electron chi connectivity index (χ4n) is 3.38. The number of hydrogen-bond donors (Lipinski definition) is 1. The van der Waals surface area contributed by atoms with Crippen LogP contribution in [0.25, 0.3) is 0 Å². The predicted octanol–water partition coefficient (Wildman–Crippen LogP) is 3.26. The molecule has 1 atom stereocenters. The topological polar surface area (TPSA) is 29.3 Å². The standard InChI is InChI=1S/C16H26N2/c1-12-7-13(2)9-15(8-12)18-11-14(5-6-17)10-16(18,3)4/h7-9,14H,5-6,10-11,17H2,1-4H3. The van der Waals surface area contributed by atoms with Crippen LogP contribution < -0.4 is 10.6 Å². The summed E-state index contributed by atoms with van der Waals surface area (Å²) in [7, 11) is 0. The molecule has 1 aliphatic rings.